The fraction of sp³-hybridized carbons (Fsp3) is 0.273. The summed E-state index contributed by atoms with van der Waals surface area (Å²) in [4.78, 5) is 16.4. The van der Waals surface area contributed by atoms with Crippen LogP contribution in [0.2, 0.25) is 5.02 Å². The summed E-state index contributed by atoms with van der Waals surface area (Å²) in [6.07, 6.45) is 1.53. The minimum absolute atomic E-state index is 0.102. The predicted octanol–water partition coefficient (Wildman–Crippen LogP) is 0.490. The fourth-order valence-electron chi connectivity index (χ4n) is 1.66. The summed E-state index contributed by atoms with van der Waals surface area (Å²) in [5.74, 6) is 0. The molecule has 0 unspecified atom stereocenters. The van der Waals surface area contributed by atoms with Gasteiger partial charge in [-0.05, 0) is 0 Å². The van der Waals surface area contributed by atoms with Gasteiger partial charge in [-0.1, -0.05) is 0 Å². The molecule has 0 amide bonds. The van der Waals surface area contributed by atoms with Crippen LogP contribution >= 0.6 is 11.6 Å². The maximum absolute atomic E-state index is 12.2. The number of nitrogens with zero attached hydrogens (tertiary/aromatic N) is 2. The number of halogens is 1. The molecule has 0 bridgehead atoms. The van der Waals surface area contributed by atoms with Crippen LogP contribution < -0.4 is 8.37 Å². The van der Waals surface area contributed by atoms with E-state index in [1.807, 2.05) is 12.1 Å². The molecule has 0 N–H and O–H groups in total. The van der Waals surface area contributed by atoms with Crippen LogP contribution in [0.15, 0.2) is 23.3 Å². The molecular formula is C11H10ClN2NaO2. The fourth-order valence-corrected chi connectivity index (χ4v) is 2.32. The third-order valence-corrected chi connectivity index (χ3v) is 4.30. The molecular weight excluding hydrogens is 251 g/mol. The Hall–Kier alpha value is -0.390. The summed E-state index contributed by atoms with van der Waals surface area (Å²) in [7, 11) is 1.60. The van der Waals surface area contributed by atoms with Crippen LogP contribution in [0.3, 0.4) is 0 Å². The Labute approximate surface area is 121 Å². The van der Waals surface area contributed by atoms with Gasteiger partial charge >= 0.3 is 122 Å². The van der Waals surface area contributed by atoms with E-state index in [0.717, 1.165) is 30.7 Å². The molecule has 17 heavy (non-hydrogen) atoms. The number of ether oxygens (including phenoxy) is 1. The molecule has 0 fully saturated rings. The molecule has 1 aromatic carbocycles. The molecule has 1 aromatic heterocycles. The maximum atomic E-state index is 12.2. The van der Waals surface area contributed by atoms with E-state index in [-0.39, 0.29) is 5.56 Å². The Morgan fingerprint density at radius 2 is 2.29 bits per heavy atom. The van der Waals surface area contributed by atoms with Gasteiger partial charge in [-0.15, -0.1) is 0 Å². The molecule has 0 aliphatic rings. The van der Waals surface area contributed by atoms with Gasteiger partial charge in [0.25, 0.3) is 0 Å². The van der Waals surface area contributed by atoms with Crippen molar-refractivity contribution >= 4 is 53.2 Å². The molecule has 0 aliphatic carbocycles. The van der Waals surface area contributed by atoms with Crippen molar-refractivity contribution in [3.8, 4) is 0 Å². The van der Waals surface area contributed by atoms with Crippen molar-refractivity contribution in [3.63, 3.8) is 0 Å². The van der Waals surface area contributed by atoms with Gasteiger partial charge in [-0.2, -0.15) is 0 Å². The Morgan fingerprint density at radius 1 is 1.53 bits per heavy atom. The standard InChI is InChI=1S/C11H10ClN2O2.Na/c1-16-6-5-14-7-13-9-4-2-3-8(12)10(9)11(14)15;/h2,4,7H,5-6H2,1H3;. The predicted molar refractivity (Wildman–Crippen MR) is 68.3 cm³/mol. The molecule has 0 atom stereocenters. The van der Waals surface area contributed by atoms with Crippen molar-refractivity contribution in [1.82, 2.24) is 9.55 Å². The van der Waals surface area contributed by atoms with Crippen LogP contribution in [0.4, 0.5) is 0 Å². The Morgan fingerprint density at radius 3 is 3.00 bits per heavy atom. The number of benzene rings is 1. The van der Waals surface area contributed by atoms with Crippen LogP contribution in [-0.4, -0.2) is 51.2 Å². The second kappa shape index (κ2) is 5.50. The van der Waals surface area contributed by atoms with E-state index in [4.69, 9.17) is 16.3 Å². The van der Waals surface area contributed by atoms with Crippen LogP contribution in [0.25, 0.3) is 10.9 Å². The summed E-state index contributed by atoms with van der Waals surface area (Å²) < 4.78 is 7.50. The van der Waals surface area contributed by atoms with E-state index in [2.05, 4.69) is 4.98 Å². The van der Waals surface area contributed by atoms with Crippen LogP contribution in [-0.2, 0) is 11.3 Å². The van der Waals surface area contributed by atoms with Gasteiger partial charge in [-0.3, -0.25) is 0 Å². The first-order valence-electron chi connectivity index (χ1n) is 5.28. The number of hydrogen-bond donors (Lipinski definition) is 0. The number of hydrogen-bond acceptors (Lipinski definition) is 3. The zero-order valence-corrected chi connectivity index (χ0v) is 12.5. The summed E-state index contributed by atoms with van der Waals surface area (Å²) in [6.45, 7) is 0.964. The van der Waals surface area contributed by atoms with Crippen molar-refractivity contribution in [2.45, 2.75) is 6.54 Å². The number of aromatic nitrogens is 2. The number of rotatable bonds is 3. The van der Waals surface area contributed by atoms with E-state index in [9.17, 15) is 4.79 Å². The van der Waals surface area contributed by atoms with E-state index in [0.29, 0.717) is 29.1 Å². The first kappa shape index (κ1) is 13.1. The Balaban J connectivity index is 2.65. The van der Waals surface area contributed by atoms with Gasteiger partial charge < -0.3 is 0 Å². The molecule has 4 nitrogen and oxygen atoms in total. The first-order valence-corrected chi connectivity index (χ1v) is 6.66. The first-order chi connectivity index (χ1) is 8.15. The van der Waals surface area contributed by atoms with Crippen molar-refractivity contribution in [2.24, 2.45) is 0 Å². The number of methoxy groups -OCH3 is 1. The van der Waals surface area contributed by atoms with Gasteiger partial charge in [-0.25, -0.2) is 0 Å². The Kier molecular flexibility index (Phi) is 4.22. The quantitative estimate of drug-likeness (QED) is 0.755. The molecule has 84 valence electrons. The van der Waals surface area contributed by atoms with Crippen molar-refractivity contribution < 1.29 is 4.74 Å². The number of fused-ring (bicyclic) bond motifs is 1. The molecule has 0 saturated carbocycles. The molecule has 1 heterocycles. The van der Waals surface area contributed by atoms with Gasteiger partial charge in [0.15, 0.2) is 0 Å². The van der Waals surface area contributed by atoms with Gasteiger partial charge in [0.1, 0.15) is 0 Å². The van der Waals surface area contributed by atoms with Crippen molar-refractivity contribution in [1.29, 1.82) is 0 Å². The van der Waals surface area contributed by atoms with Gasteiger partial charge in [0, 0.05) is 0 Å². The van der Waals surface area contributed by atoms with Crippen molar-refractivity contribution in [3.05, 3.63) is 33.8 Å². The van der Waals surface area contributed by atoms with E-state index in [1.54, 1.807) is 7.11 Å². The second-order valence-electron chi connectivity index (χ2n) is 3.83. The summed E-state index contributed by atoms with van der Waals surface area (Å²) >= 11 is 7.00. The van der Waals surface area contributed by atoms with Crippen LogP contribution in [0.1, 0.15) is 0 Å². The monoisotopic (exact) mass is 260 g/mol. The molecule has 6 heteroatoms. The zero-order chi connectivity index (χ0) is 12.4. The van der Waals surface area contributed by atoms with Gasteiger partial charge in [0.2, 0.25) is 0 Å². The molecule has 2 aromatic rings. The third kappa shape index (κ3) is 2.56. The van der Waals surface area contributed by atoms with Gasteiger partial charge in [0.05, 0.1) is 0 Å². The molecule has 0 aliphatic heterocycles. The summed E-state index contributed by atoms with van der Waals surface area (Å²) in [5.41, 5.74) is 0.544. The summed E-state index contributed by atoms with van der Waals surface area (Å²) in [5, 5.41) is 1.05. The molecule has 0 radical (unpaired) electrons. The third-order valence-electron chi connectivity index (χ3n) is 2.66. The minimum atomic E-state index is -0.102. The Bertz CT molecular complexity index is 612. The average Bonchev–Trinajstić information content (AvgIpc) is 2.33. The van der Waals surface area contributed by atoms with E-state index in [1.165, 1.54) is 10.9 Å². The van der Waals surface area contributed by atoms with E-state index < -0.39 is 0 Å². The zero-order valence-electron chi connectivity index (χ0n) is 9.74. The van der Waals surface area contributed by atoms with E-state index >= 15 is 0 Å². The van der Waals surface area contributed by atoms with Crippen molar-refractivity contribution in [2.75, 3.05) is 13.7 Å². The van der Waals surface area contributed by atoms with Crippen LogP contribution in [0.5, 0.6) is 0 Å². The topological polar surface area (TPSA) is 44.1 Å². The second-order valence-corrected chi connectivity index (χ2v) is 5.28. The SMILES string of the molecule is COCCn1cnc2cc[c]([Na])c(Cl)c2c1=O. The average molecular weight is 261 g/mol. The van der Waals surface area contributed by atoms with Crippen LogP contribution in [0, 0.1) is 0 Å². The molecule has 0 spiro atoms. The molecule has 0 saturated heterocycles. The summed E-state index contributed by atoms with van der Waals surface area (Å²) in [6, 6.07) is 3.76. The normalized spacial score (nSPS) is 11.1. The molecule has 2 rings (SSSR count).